The summed E-state index contributed by atoms with van der Waals surface area (Å²) in [6.07, 6.45) is 7.72. The maximum Gasteiger partial charge on any atom is 0.345 e. The summed E-state index contributed by atoms with van der Waals surface area (Å²) in [5.41, 5.74) is 6.81. The number of fused-ring (bicyclic) bond motifs is 2. The van der Waals surface area contributed by atoms with E-state index in [1.165, 1.54) is 23.3 Å². The number of methoxy groups -OCH3 is 1. The fraction of sp³-hybridized carbons (Fsp3) is 0.361. The van der Waals surface area contributed by atoms with Crippen molar-refractivity contribution in [1.82, 2.24) is 14.5 Å². The average Bonchev–Trinajstić information content (AvgIpc) is 3.75. The molecular formula is C36H37N3O4S. The smallest absolute Gasteiger partial charge is 0.345 e. The van der Waals surface area contributed by atoms with E-state index in [2.05, 4.69) is 35.8 Å². The number of hydrogen-bond donors (Lipinski definition) is 1. The normalized spacial score (nSPS) is 17.5. The van der Waals surface area contributed by atoms with Gasteiger partial charge in [-0.2, -0.15) is 0 Å². The first-order chi connectivity index (χ1) is 21.4. The lowest BCUT2D eigenvalue weighted by atomic mass is 9.83. The highest BCUT2D eigenvalue weighted by Crippen LogP contribution is 2.47. The number of aromatic carboxylic acids is 1. The lowest BCUT2D eigenvalue weighted by Crippen LogP contribution is -2.36. The van der Waals surface area contributed by atoms with Crippen molar-refractivity contribution >= 4 is 44.3 Å². The Bertz CT molecular complexity index is 1880. The fourth-order valence-electron chi connectivity index (χ4n) is 7.31. The molecule has 4 heterocycles. The Hall–Kier alpha value is -4.17. The third-order valence-electron chi connectivity index (χ3n) is 9.51. The lowest BCUT2D eigenvalue weighted by molar-refractivity contribution is -0.132. The largest absolute Gasteiger partial charge is 0.496 e. The van der Waals surface area contributed by atoms with Crippen molar-refractivity contribution in [1.29, 1.82) is 0 Å². The van der Waals surface area contributed by atoms with Gasteiger partial charge in [-0.25, -0.2) is 9.78 Å². The summed E-state index contributed by atoms with van der Waals surface area (Å²) in [5, 5.41) is 11.0. The number of carboxylic acid groups (broad SMARTS) is 1. The number of rotatable bonds is 7. The van der Waals surface area contributed by atoms with Gasteiger partial charge in [0.05, 0.1) is 34.2 Å². The summed E-state index contributed by atoms with van der Waals surface area (Å²) in [7, 11) is 1.67. The molecule has 7 nitrogen and oxygen atoms in total. The number of ether oxygens (including phenoxy) is 1. The van der Waals surface area contributed by atoms with E-state index in [1.807, 2.05) is 35.2 Å². The number of hydrogen-bond acceptors (Lipinski definition) is 5. The van der Waals surface area contributed by atoms with Crippen LogP contribution in [0.5, 0.6) is 5.75 Å². The predicted molar refractivity (Wildman–Crippen MR) is 176 cm³/mol. The van der Waals surface area contributed by atoms with Crippen molar-refractivity contribution < 1.29 is 19.4 Å². The van der Waals surface area contributed by atoms with Crippen molar-refractivity contribution in [3.8, 4) is 28.3 Å². The molecule has 2 aliphatic rings. The van der Waals surface area contributed by atoms with Crippen molar-refractivity contribution in [3.63, 3.8) is 0 Å². The van der Waals surface area contributed by atoms with Gasteiger partial charge in [0.15, 0.2) is 0 Å². The molecule has 1 aliphatic carbocycles. The summed E-state index contributed by atoms with van der Waals surface area (Å²) < 4.78 is 8.71. The van der Waals surface area contributed by atoms with E-state index in [9.17, 15) is 14.7 Å². The molecule has 7 rings (SSSR count). The first-order valence-corrected chi connectivity index (χ1v) is 16.5. The molecule has 0 radical (unpaired) electrons. The quantitative estimate of drug-likeness (QED) is 0.201. The Kier molecular flexibility index (Phi) is 7.62. The molecule has 0 spiro atoms. The summed E-state index contributed by atoms with van der Waals surface area (Å²) in [5.74, 6) is 0.278. The van der Waals surface area contributed by atoms with Gasteiger partial charge in [0.1, 0.15) is 17.2 Å². The van der Waals surface area contributed by atoms with Crippen molar-refractivity contribution in [2.45, 2.75) is 70.4 Å². The zero-order valence-corrected chi connectivity index (χ0v) is 26.0. The molecule has 5 aromatic rings. The molecule has 2 fully saturated rings. The highest BCUT2D eigenvalue weighted by molar-refractivity contribution is 7.21. The highest BCUT2D eigenvalue weighted by Gasteiger charge is 2.32. The molecule has 1 saturated carbocycles. The summed E-state index contributed by atoms with van der Waals surface area (Å²) in [6.45, 7) is 3.09. The second-order valence-electron chi connectivity index (χ2n) is 12.2. The van der Waals surface area contributed by atoms with Gasteiger partial charge in [-0.05, 0) is 86.1 Å². The molecule has 44 heavy (non-hydrogen) atoms. The van der Waals surface area contributed by atoms with Crippen LogP contribution in [0.4, 0.5) is 0 Å². The first-order valence-electron chi connectivity index (χ1n) is 15.7. The minimum absolute atomic E-state index is 0.0929. The van der Waals surface area contributed by atoms with Gasteiger partial charge in [-0.15, -0.1) is 11.3 Å². The monoisotopic (exact) mass is 607 g/mol. The van der Waals surface area contributed by atoms with Gasteiger partial charge in [0.2, 0.25) is 5.91 Å². The Labute approximate surface area is 261 Å². The molecule has 226 valence electrons. The van der Waals surface area contributed by atoms with Crippen LogP contribution in [-0.2, 0) is 11.3 Å². The molecule has 1 aliphatic heterocycles. The van der Waals surface area contributed by atoms with E-state index in [0.29, 0.717) is 10.8 Å². The number of nitrogens with zero attached hydrogens (tertiary/aromatic N) is 3. The summed E-state index contributed by atoms with van der Waals surface area (Å²) in [6, 6.07) is 20.4. The number of carbonyl (C=O) groups is 2. The van der Waals surface area contributed by atoms with Gasteiger partial charge in [-0.1, -0.05) is 43.5 Å². The van der Waals surface area contributed by atoms with Gasteiger partial charge in [0, 0.05) is 23.5 Å². The van der Waals surface area contributed by atoms with E-state index in [-0.39, 0.29) is 18.5 Å². The number of para-hydroxylation sites is 1. The van der Waals surface area contributed by atoms with Crippen LogP contribution in [0, 0.1) is 0 Å². The summed E-state index contributed by atoms with van der Waals surface area (Å²) in [4.78, 5) is 33.2. The Morgan fingerprint density at radius 1 is 1.00 bits per heavy atom. The Balaban J connectivity index is 1.39. The molecule has 2 aromatic carbocycles. The molecule has 8 heteroatoms. The third kappa shape index (κ3) is 5.05. The van der Waals surface area contributed by atoms with Crippen LogP contribution in [0.25, 0.3) is 43.6 Å². The van der Waals surface area contributed by atoms with Crippen molar-refractivity contribution in [2.75, 3.05) is 13.7 Å². The van der Waals surface area contributed by atoms with Crippen LogP contribution in [0.15, 0.2) is 60.7 Å². The second-order valence-corrected chi connectivity index (χ2v) is 13.2. The van der Waals surface area contributed by atoms with E-state index in [0.717, 1.165) is 94.5 Å². The number of benzene rings is 2. The van der Waals surface area contributed by atoms with E-state index < -0.39 is 5.97 Å². The van der Waals surface area contributed by atoms with Crippen LogP contribution >= 0.6 is 11.3 Å². The number of likely N-dealkylation sites (tertiary alicyclic amines) is 1. The minimum Gasteiger partial charge on any atom is -0.496 e. The topological polar surface area (TPSA) is 84.7 Å². The van der Waals surface area contributed by atoms with Gasteiger partial charge in [-0.3, -0.25) is 4.79 Å². The van der Waals surface area contributed by atoms with E-state index >= 15 is 0 Å². The van der Waals surface area contributed by atoms with Crippen LogP contribution in [0.2, 0.25) is 0 Å². The van der Waals surface area contributed by atoms with Gasteiger partial charge >= 0.3 is 5.97 Å². The maximum absolute atomic E-state index is 13.8. The molecule has 1 atom stereocenters. The maximum atomic E-state index is 13.8. The third-order valence-corrected chi connectivity index (χ3v) is 10.7. The van der Waals surface area contributed by atoms with Crippen molar-refractivity contribution in [2.24, 2.45) is 0 Å². The lowest BCUT2D eigenvalue weighted by Gasteiger charge is -2.25. The van der Waals surface area contributed by atoms with Crippen LogP contribution in [0.3, 0.4) is 0 Å². The molecule has 0 bridgehead atoms. The minimum atomic E-state index is -0.920. The average molecular weight is 608 g/mol. The summed E-state index contributed by atoms with van der Waals surface area (Å²) >= 11 is 1.35. The van der Waals surface area contributed by atoms with E-state index in [4.69, 9.17) is 9.72 Å². The SMILES string of the molecule is COc1ccccc1-c1ccc2cc(-c3c(C4CCCCC4)c4sc(C(=O)O)cc4n3CC(=O)N3CCCC3C)ccc2n1. The zero-order chi connectivity index (χ0) is 30.4. The number of amides is 1. The molecular weight excluding hydrogens is 570 g/mol. The number of thiophene rings is 1. The second kappa shape index (κ2) is 11.7. The molecule has 1 saturated heterocycles. The van der Waals surface area contributed by atoms with Gasteiger partial charge < -0.3 is 19.3 Å². The highest BCUT2D eigenvalue weighted by atomic mass is 32.1. The van der Waals surface area contributed by atoms with Gasteiger partial charge in [0.25, 0.3) is 0 Å². The number of carboxylic acids is 1. The van der Waals surface area contributed by atoms with Crippen LogP contribution < -0.4 is 4.74 Å². The first kappa shape index (κ1) is 28.6. The molecule has 1 unspecified atom stereocenters. The van der Waals surface area contributed by atoms with Crippen molar-refractivity contribution in [3.05, 3.63) is 71.1 Å². The molecule has 1 N–H and O–H groups in total. The van der Waals surface area contributed by atoms with Crippen LogP contribution in [0.1, 0.15) is 73.0 Å². The predicted octanol–water partition coefficient (Wildman–Crippen LogP) is 8.35. The number of carbonyl (C=O) groups excluding carboxylic acids is 1. The number of pyridine rings is 1. The zero-order valence-electron chi connectivity index (χ0n) is 25.2. The van der Waals surface area contributed by atoms with Crippen LogP contribution in [-0.4, -0.2) is 51.1 Å². The Morgan fingerprint density at radius 3 is 2.57 bits per heavy atom. The fourth-order valence-corrected chi connectivity index (χ4v) is 8.43. The molecule has 3 aromatic heterocycles. The Morgan fingerprint density at radius 2 is 1.82 bits per heavy atom. The molecule has 1 amide bonds. The standard InChI is InChI=1S/C36H37N3O4S/c1-22-9-8-18-38(22)32(40)21-39-29-20-31(36(41)42)44-35(29)33(23-10-4-3-5-11-23)34(39)25-15-16-27-24(19-25)14-17-28(37-27)26-12-6-7-13-30(26)43-2/h6-7,12-17,19-20,22-23H,3-5,8-11,18,21H2,1-2H3,(H,41,42). The van der Waals surface area contributed by atoms with E-state index in [1.54, 1.807) is 13.2 Å². The number of aromatic nitrogens is 2.